The third-order valence-corrected chi connectivity index (χ3v) is 9.01. The predicted octanol–water partition coefficient (Wildman–Crippen LogP) is 7.27. The smallest absolute Gasteiger partial charge is 0.273 e. The molecule has 0 atom stereocenters. The lowest BCUT2D eigenvalue weighted by Gasteiger charge is -2.22. The van der Waals surface area contributed by atoms with Crippen molar-refractivity contribution in [2.24, 2.45) is 0 Å². The number of hydrogen-bond donors (Lipinski definition) is 0. The van der Waals surface area contributed by atoms with Crippen molar-refractivity contribution in [2.75, 3.05) is 6.54 Å². The first-order chi connectivity index (χ1) is 21.2. The van der Waals surface area contributed by atoms with Crippen LogP contribution in [0.1, 0.15) is 32.2 Å². The first kappa shape index (κ1) is 28.5. The van der Waals surface area contributed by atoms with E-state index in [1.807, 2.05) is 70.9 Å². The first-order valence-corrected chi connectivity index (χ1v) is 15.9. The standard InChI is InChI=1S/C34H30N6OS2/c1-25-10-8-9-15-30(25)40-32(28-16-19-35-20-17-28)37-38-34(40)43-24-31-36-29(23-42-31)33(41)39(22-27-13-6-3-7-14-27)21-18-26-11-4-2-5-12-26/h2-17,19-20,23H,18,21-22,24H2,1H3. The zero-order chi connectivity index (χ0) is 29.4. The van der Waals surface area contributed by atoms with Gasteiger partial charge in [-0.3, -0.25) is 14.3 Å². The molecule has 0 saturated carbocycles. The summed E-state index contributed by atoms with van der Waals surface area (Å²) in [6.45, 7) is 3.22. The third kappa shape index (κ3) is 6.90. The van der Waals surface area contributed by atoms with E-state index in [2.05, 4.69) is 63.1 Å². The second kappa shape index (κ2) is 13.6. The molecule has 0 unspecified atom stereocenters. The van der Waals surface area contributed by atoms with Crippen molar-refractivity contribution in [3.8, 4) is 17.1 Å². The van der Waals surface area contributed by atoms with Crippen LogP contribution >= 0.6 is 23.1 Å². The summed E-state index contributed by atoms with van der Waals surface area (Å²) in [5.74, 6) is 1.26. The first-order valence-electron chi connectivity index (χ1n) is 14.0. The zero-order valence-corrected chi connectivity index (χ0v) is 25.3. The van der Waals surface area contributed by atoms with Crippen LogP contribution in [0.2, 0.25) is 0 Å². The van der Waals surface area contributed by atoms with Gasteiger partial charge in [0.1, 0.15) is 10.7 Å². The SMILES string of the molecule is Cc1ccccc1-n1c(SCc2nc(C(=O)N(CCc3ccccc3)Cc3ccccc3)cs2)nnc1-c1ccncc1. The average molecular weight is 603 g/mol. The molecule has 3 aromatic carbocycles. The molecule has 6 rings (SSSR count). The fraction of sp³-hybridized carbons (Fsp3) is 0.147. The molecule has 0 aliphatic rings. The van der Waals surface area contributed by atoms with Gasteiger partial charge in [-0.25, -0.2) is 4.98 Å². The van der Waals surface area contributed by atoms with Crippen LogP contribution in [0.5, 0.6) is 0 Å². The van der Waals surface area contributed by atoms with Gasteiger partial charge in [-0.05, 0) is 48.2 Å². The van der Waals surface area contributed by atoms with Gasteiger partial charge in [-0.2, -0.15) is 0 Å². The second-order valence-corrected chi connectivity index (χ2v) is 11.9. The third-order valence-electron chi connectivity index (χ3n) is 7.04. The van der Waals surface area contributed by atoms with Crippen LogP contribution in [0.15, 0.2) is 120 Å². The number of benzene rings is 3. The highest BCUT2D eigenvalue weighted by molar-refractivity contribution is 7.98. The molecule has 0 spiro atoms. The number of carbonyl (C=O) groups excluding carboxylic acids is 1. The number of nitrogens with zero attached hydrogens (tertiary/aromatic N) is 6. The minimum Gasteiger partial charge on any atom is -0.333 e. The van der Waals surface area contributed by atoms with Crippen LogP contribution in [-0.4, -0.2) is 42.1 Å². The van der Waals surface area contributed by atoms with Crippen molar-refractivity contribution in [2.45, 2.75) is 30.8 Å². The number of aryl methyl sites for hydroxylation is 1. The van der Waals surface area contributed by atoms with E-state index in [-0.39, 0.29) is 5.91 Å². The zero-order valence-electron chi connectivity index (χ0n) is 23.7. The molecule has 0 aliphatic carbocycles. The van der Waals surface area contributed by atoms with E-state index in [4.69, 9.17) is 4.98 Å². The van der Waals surface area contributed by atoms with Gasteiger partial charge in [-0.1, -0.05) is 90.6 Å². The summed E-state index contributed by atoms with van der Waals surface area (Å²) in [6.07, 6.45) is 4.29. The quantitative estimate of drug-likeness (QED) is 0.145. The highest BCUT2D eigenvalue weighted by atomic mass is 32.2. The molecule has 6 aromatic rings. The number of hydrogen-bond acceptors (Lipinski definition) is 7. The van der Waals surface area contributed by atoms with Gasteiger partial charge in [0, 0.05) is 36.4 Å². The van der Waals surface area contributed by atoms with E-state index in [1.54, 1.807) is 24.2 Å². The van der Waals surface area contributed by atoms with Crippen LogP contribution in [0.25, 0.3) is 17.1 Å². The summed E-state index contributed by atoms with van der Waals surface area (Å²) in [4.78, 5) is 24.5. The van der Waals surface area contributed by atoms with E-state index in [1.165, 1.54) is 16.9 Å². The molecule has 0 radical (unpaired) electrons. The van der Waals surface area contributed by atoms with Crippen LogP contribution in [0, 0.1) is 6.92 Å². The highest BCUT2D eigenvalue weighted by Gasteiger charge is 2.21. The Kier molecular flexibility index (Phi) is 9.01. The van der Waals surface area contributed by atoms with Gasteiger partial charge >= 0.3 is 0 Å². The highest BCUT2D eigenvalue weighted by Crippen LogP contribution is 2.31. The van der Waals surface area contributed by atoms with Crippen LogP contribution in [0.4, 0.5) is 0 Å². The minimum atomic E-state index is -0.0599. The van der Waals surface area contributed by atoms with Gasteiger partial charge in [-0.15, -0.1) is 21.5 Å². The normalized spacial score (nSPS) is 11.0. The molecule has 3 heterocycles. The molecule has 0 fully saturated rings. The molecule has 0 aliphatic heterocycles. The summed E-state index contributed by atoms with van der Waals surface area (Å²) >= 11 is 3.06. The summed E-state index contributed by atoms with van der Waals surface area (Å²) in [5.41, 5.74) is 5.85. The van der Waals surface area contributed by atoms with Crippen molar-refractivity contribution in [3.05, 3.63) is 142 Å². The van der Waals surface area contributed by atoms with Gasteiger partial charge in [0.2, 0.25) is 0 Å². The molecular formula is C34H30N6OS2. The topological polar surface area (TPSA) is 76.8 Å². The van der Waals surface area contributed by atoms with Crippen LogP contribution in [-0.2, 0) is 18.7 Å². The fourth-order valence-corrected chi connectivity index (χ4v) is 6.54. The number of thioether (sulfide) groups is 1. The summed E-state index contributed by atoms with van der Waals surface area (Å²) in [6, 6.07) is 32.4. The van der Waals surface area contributed by atoms with Gasteiger partial charge in [0.05, 0.1) is 11.4 Å². The Hall–Kier alpha value is -4.60. The minimum absolute atomic E-state index is 0.0599. The van der Waals surface area contributed by atoms with Crippen LogP contribution < -0.4 is 0 Å². The molecule has 3 aromatic heterocycles. The van der Waals surface area contributed by atoms with E-state index < -0.39 is 0 Å². The average Bonchev–Trinajstić information content (AvgIpc) is 3.71. The predicted molar refractivity (Wildman–Crippen MR) is 172 cm³/mol. The lowest BCUT2D eigenvalue weighted by Crippen LogP contribution is -2.32. The molecule has 0 saturated heterocycles. The van der Waals surface area contributed by atoms with Gasteiger partial charge in [0.25, 0.3) is 5.91 Å². The maximum Gasteiger partial charge on any atom is 0.273 e. The Morgan fingerprint density at radius 2 is 1.56 bits per heavy atom. The summed E-state index contributed by atoms with van der Waals surface area (Å²) in [5, 5.41) is 12.6. The molecule has 7 nitrogen and oxygen atoms in total. The maximum atomic E-state index is 13.7. The molecule has 214 valence electrons. The number of para-hydroxylation sites is 1. The van der Waals surface area contributed by atoms with Crippen molar-refractivity contribution >= 4 is 29.0 Å². The second-order valence-electron chi connectivity index (χ2n) is 10.0. The van der Waals surface area contributed by atoms with Gasteiger partial charge < -0.3 is 4.90 Å². The number of carbonyl (C=O) groups is 1. The van der Waals surface area contributed by atoms with E-state index in [9.17, 15) is 4.79 Å². The summed E-state index contributed by atoms with van der Waals surface area (Å²) in [7, 11) is 0. The fourth-order valence-electron chi connectivity index (χ4n) is 4.81. The Bertz CT molecular complexity index is 1790. The largest absolute Gasteiger partial charge is 0.333 e. The van der Waals surface area contributed by atoms with Crippen molar-refractivity contribution < 1.29 is 4.79 Å². The van der Waals surface area contributed by atoms with Crippen molar-refractivity contribution in [1.82, 2.24) is 29.6 Å². The lowest BCUT2D eigenvalue weighted by molar-refractivity contribution is 0.0740. The van der Waals surface area contributed by atoms with E-state index in [0.29, 0.717) is 24.5 Å². The van der Waals surface area contributed by atoms with E-state index in [0.717, 1.165) is 44.8 Å². The monoisotopic (exact) mass is 602 g/mol. The molecular weight excluding hydrogens is 573 g/mol. The van der Waals surface area contributed by atoms with E-state index >= 15 is 0 Å². The maximum absolute atomic E-state index is 13.7. The van der Waals surface area contributed by atoms with Crippen LogP contribution in [0.3, 0.4) is 0 Å². The molecule has 0 bridgehead atoms. The van der Waals surface area contributed by atoms with Gasteiger partial charge in [0.15, 0.2) is 11.0 Å². The Balaban J connectivity index is 1.21. The molecule has 9 heteroatoms. The Labute approximate surface area is 259 Å². The number of aromatic nitrogens is 5. The van der Waals surface area contributed by atoms with Crippen molar-refractivity contribution in [3.63, 3.8) is 0 Å². The molecule has 0 N–H and O–H groups in total. The number of thiazole rings is 1. The Morgan fingerprint density at radius 3 is 2.30 bits per heavy atom. The van der Waals surface area contributed by atoms with Crippen molar-refractivity contribution in [1.29, 1.82) is 0 Å². The number of amides is 1. The Morgan fingerprint density at radius 1 is 0.860 bits per heavy atom. The summed E-state index contributed by atoms with van der Waals surface area (Å²) < 4.78 is 2.08. The number of pyridine rings is 1. The lowest BCUT2D eigenvalue weighted by atomic mass is 10.1. The molecule has 1 amide bonds. The number of rotatable bonds is 11. The molecule has 43 heavy (non-hydrogen) atoms.